The Bertz CT molecular complexity index is 479. The minimum atomic E-state index is -0.176. The predicted molar refractivity (Wildman–Crippen MR) is 86.7 cm³/mol. The number of amides is 1. The fraction of sp³-hybridized carbons (Fsp3) is 0.429. The third-order valence-corrected chi connectivity index (χ3v) is 3.00. The Morgan fingerprint density at radius 3 is 2.30 bits per heavy atom. The maximum Gasteiger partial charge on any atom is 0.257 e. The zero-order chi connectivity index (χ0) is 15.1. The molecule has 0 unspecified atom stereocenters. The standard InChI is InChI=1S/C14H22N4OS/c1-5-15-14(20)18-17-12(19)8-16-13-10(3)6-9(2)7-11(13)4/h6-7,16H,5,8H2,1-4H3,(H,17,19)(H2,15,18,20). The van der Waals surface area contributed by atoms with Gasteiger partial charge in [0, 0.05) is 12.2 Å². The van der Waals surface area contributed by atoms with Gasteiger partial charge in [-0.15, -0.1) is 0 Å². The third kappa shape index (κ3) is 5.05. The molecule has 6 heteroatoms. The van der Waals surface area contributed by atoms with Crippen molar-refractivity contribution in [3.05, 3.63) is 28.8 Å². The molecule has 0 spiro atoms. The van der Waals surface area contributed by atoms with Crippen LogP contribution < -0.4 is 21.5 Å². The summed E-state index contributed by atoms with van der Waals surface area (Å²) in [5, 5.41) is 6.44. The summed E-state index contributed by atoms with van der Waals surface area (Å²) in [4.78, 5) is 11.7. The Morgan fingerprint density at radius 2 is 1.75 bits per heavy atom. The summed E-state index contributed by atoms with van der Waals surface area (Å²) in [6.45, 7) is 8.94. The van der Waals surface area contributed by atoms with Crippen LogP contribution in [0.15, 0.2) is 12.1 Å². The Morgan fingerprint density at radius 1 is 1.15 bits per heavy atom. The van der Waals surface area contributed by atoms with Gasteiger partial charge in [0.25, 0.3) is 5.91 Å². The SMILES string of the molecule is CCNC(=S)NNC(=O)CNc1c(C)cc(C)cc1C. The van der Waals surface area contributed by atoms with Crippen LogP contribution >= 0.6 is 12.2 Å². The number of aryl methyl sites for hydroxylation is 3. The van der Waals surface area contributed by atoms with Gasteiger partial charge in [-0.2, -0.15) is 0 Å². The number of thiocarbonyl (C=S) groups is 1. The van der Waals surface area contributed by atoms with E-state index in [0.717, 1.165) is 16.8 Å². The van der Waals surface area contributed by atoms with Crippen LogP contribution in [0, 0.1) is 20.8 Å². The summed E-state index contributed by atoms with van der Waals surface area (Å²) < 4.78 is 0. The quantitative estimate of drug-likeness (QED) is 0.501. The number of benzene rings is 1. The molecule has 0 saturated carbocycles. The molecule has 0 fully saturated rings. The molecule has 110 valence electrons. The minimum absolute atomic E-state index is 0.176. The summed E-state index contributed by atoms with van der Waals surface area (Å²) in [5.74, 6) is -0.176. The van der Waals surface area contributed by atoms with E-state index in [1.165, 1.54) is 5.56 Å². The highest BCUT2D eigenvalue weighted by molar-refractivity contribution is 7.80. The fourth-order valence-corrected chi connectivity index (χ4v) is 2.20. The van der Waals surface area contributed by atoms with Crippen molar-refractivity contribution >= 4 is 28.9 Å². The Kier molecular flexibility index (Phi) is 6.24. The first-order valence-electron chi connectivity index (χ1n) is 6.58. The van der Waals surface area contributed by atoms with Crippen molar-refractivity contribution in [1.82, 2.24) is 16.2 Å². The molecule has 5 nitrogen and oxygen atoms in total. The van der Waals surface area contributed by atoms with Gasteiger partial charge in [-0.25, -0.2) is 0 Å². The predicted octanol–water partition coefficient (Wildman–Crippen LogP) is 1.54. The van der Waals surface area contributed by atoms with Crippen molar-refractivity contribution in [2.75, 3.05) is 18.4 Å². The van der Waals surface area contributed by atoms with Crippen LogP contribution in [0.2, 0.25) is 0 Å². The molecule has 1 rings (SSSR count). The summed E-state index contributed by atoms with van der Waals surface area (Å²) in [5.41, 5.74) is 9.65. The fourth-order valence-electron chi connectivity index (χ4n) is 2.00. The molecule has 20 heavy (non-hydrogen) atoms. The smallest absolute Gasteiger partial charge is 0.257 e. The highest BCUT2D eigenvalue weighted by Crippen LogP contribution is 2.21. The molecule has 4 N–H and O–H groups in total. The van der Waals surface area contributed by atoms with Gasteiger partial charge in [0.2, 0.25) is 0 Å². The maximum absolute atomic E-state index is 11.7. The van der Waals surface area contributed by atoms with E-state index in [1.807, 2.05) is 20.8 Å². The number of hydrogen-bond acceptors (Lipinski definition) is 3. The second-order valence-electron chi connectivity index (χ2n) is 4.66. The second kappa shape index (κ2) is 7.69. The number of hydrazine groups is 1. The average Bonchev–Trinajstić information content (AvgIpc) is 2.35. The van der Waals surface area contributed by atoms with Gasteiger partial charge in [-0.05, 0) is 51.0 Å². The molecular weight excluding hydrogens is 272 g/mol. The number of carbonyl (C=O) groups is 1. The van der Waals surface area contributed by atoms with Gasteiger partial charge in [-0.1, -0.05) is 17.7 Å². The first-order valence-corrected chi connectivity index (χ1v) is 6.99. The Balaban J connectivity index is 2.47. The molecule has 0 saturated heterocycles. The van der Waals surface area contributed by atoms with Gasteiger partial charge in [0.1, 0.15) is 0 Å². The van der Waals surface area contributed by atoms with Crippen LogP contribution in [0.1, 0.15) is 23.6 Å². The molecule has 0 heterocycles. The van der Waals surface area contributed by atoms with Gasteiger partial charge >= 0.3 is 0 Å². The number of nitrogens with one attached hydrogen (secondary N) is 4. The largest absolute Gasteiger partial charge is 0.376 e. The molecular formula is C14H22N4OS. The lowest BCUT2D eigenvalue weighted by atomic mass is 10.1. The maximum atomic E-state index is 11.7. The topological polar surface area (TPSA) is 65.2 Å². The van der Waals surface area contributed by atoms with Crippen molar-refractivity contribution in [3.8, 4) is 0 Å². The van der Waals surface area contributed by atoms with E-state index < -0.39 is 0 Å². The molecule has 0 aliphatic rings. The zero-order valence-electron chi connectivity index (χ0n) is 12.4. The summed E-state index contributed by atoms with van der Waals surface area (Å²) in [7, 11) is 0. The lowest BCUT2D eigenvalue weighted by Gasteiger charge is -2.14. The van der Waals surface area contributed by atoms with Crippen molar-refractivity contribution in [3.63, 3.8) is 0 Å². The molecule has 0 aromatic heterocycles. The first-order chi connectivity index (χ1) is 9.43. The monoisotopic (exact) mass is 294 g/mol. The minimum Gasteiger partial charge on any atom is -0.376 e. The molecule has 0 bridgehead atoms. The molecule has 1 aromatic rings. The van der Waals surface area contributed by atoms with E-state index in [-0.39, 0.29) is 12.5 Å². The van der Waals surface area contributed by atoms with Crippen molar-refractivity contribution < 1.29 is 4.79 Å². The highest BCUT2D eigenvalue weighted by Gasteiger charge is 2.06. The molecule has 0 aliphatic heterocycles. The van der Waals surface area contributed by atoms with Crippen molar-refractivity contribution in [2.45, 2.75) is 27.7 Å². The van der Waals surface area contributed by atoms with Crippen molar-refractivity contribution in [2.24, 2.45) is 0 Å². The average molecular weight is 294 g/mol. The second-order valence-corrected chi connectivity index (χ2v) is 5.07. The van der Waals surface area contributed by atoms with E-state index in [0.29, 0.717) is 11.7 Å². The van der Waals surface area contributed by atoms with E-state index in [9.17, 15) is 4.79 Å². The highest BCUT2D eigenvalue weighted by atomic mass is 32.1. The molecule has 1 amide bonds. The lowest BCUT2D eigenvalue weighted by Crippen LogP contribution is -2.48. The van der Waals surface area contributed by atoms with Crippen LogP contribution in [-0.4, -0.2) is 24.1 Å². The first kappa shape index (κ1) is 16.2. The number of rotatable bonds is 4. The van der Waals surface area contributed by atoms with Gasteiger partial charge in [0.15, 0.2) is 5.11 Å². The zero-order valence-corrected chi connectivity index (χ0v) is 13.2. The van der Waals surface area contributed by atoms with Gasteiger partial charge in [-0.3, -0.25) is 15.6 Å². The van der Waals surface area contributed by atoms with E-state index in [1.54, 1.807) is 0 Å². The van der Waals surface area contributed by atoms with E-state index >= 15 is 0 Å². The van der Waals surface area contributed by atoms with E-state index in [4.69, 9.17) is 12.2 Å². The number of hydrogen-bond donors (Lipinski definition) is 4. The Hall–Kier alpha value is -1.82. The number of anilines is 1. The third-order valence-electron chi connectivity index (χ3n) is 2.76. The van der Waals surface area contributed by atoms with Crippen LogP contribution in [0.5, 0.6) is 0 Å². The van der Waals surface area contributed by atoms with Crippen LogP contribution in [-0.2, 0) is 4.79 Å². The molecule has 1 aromatic carbocycles. The van der Waals surface area contributed by atoms with Crippen LogP contribution in [0.25, 0.3) is 0 Å². The lowest BCUT2D eigenvalue weighted by molar-refractivity contribution is -0.119. The molecule has 0 aliphatic carbocycles. The summed E-state index contributed by atoms with van der Waals surface area (Å²) >= 11 is 4.95. The van der Waals surface area contributed by atoms with Crippen LogP contribution in [0.3, 0.4) is 0 Å². The van der Waals surface area contributed by atoms with Gasteiger partial charge < -0.3 is 10.6 Å². The van der Waals surface area contributed by atoms with Gasteiger partial charge in [0.05, 0.1) is 6.54 Å². The van der Waals surface area contributed by atoms with Crippen molar-refractivity contribution in [1.29, 1.82) is 0 Å². The Labute approximate surface area is 125 Å². The molecule has 0 atom stereocenters. The molecule has 0 radical (unpaired) electrons. The normalized spacial score (nSPS) is 9.80. The van der Waals surface area contributed by atoms with Crippen LogP contribution in [0.4, 0.5) is 5.69 Å². The summed E-state index contributed by atoms with van der Waals surface area (Å²) in [6, 6.07) is 4.18. The summed E-state index contributed by atoms with van der Waals surface area (Å²) in [6.07, 6.45) is 0. The van der Waals surface area contributed by atoms with E-state index in [2.05, 4.69) is 40.5 Å². The number of carbonyl (C=O) groups excluding carboxylic acids is 1.